The van der Waals surface area contributed by atoms with Crippen molar-refractivity contribution in [2.75, 3.05) is 0 Å². The molecular weight excluding hydrogens is 360 g/mol. The van der Waals surface area contributed by atoms with Crippen LogP contribution < -0.4 is 0 Å². The standard InChI is InChI=1S/C30H54/c1-20(2)9-8-10-23(5)26-13-14-27-25-12-11-24-18-21(3)17-22(4)19-30(24,7)28(25)15-16-29(26,27)6/h20-28H,8-19H2,1-7H3/t21?,22?,23-,24+,25?,26?,27+,28+,29?,30?/m1/s1. The van der Waals surface area contributed by atoms with Crippen molar-refractivity contribution in [3.8, 4) is 0 Å². The molecule has 0 amide bonds. The zero-order chi connectivity index (χ0) is 21.7. The molecule has 0 heterocycles. The van der Waals surface area contributed by atoms with E-state index < -0.39 is 0 Å². The molecule has 0 aliphatic heterocycles. The molecule has 4 aliphatic rings. The van der Waals surface area contributed by atoms with Gasteiger partial charge in [0, 0.05) is 0 Å². The van der Waals surface area contributed by atoms with Crippen LogP contribution in [-0.4, -0.2) is 0 Å². The Labute approximate surface area is 189 Å². The summed E-state index contributed by atoms with van der Waals surface area (Å²) < 4.78 is 0. The van der Waals surface area contributed by atoms with Crippen LogP contribution in [0.15, 0.2) is 0 Å². The molecule has 10 atom stereocenters. The van der Waals surface area contributed by atoms with Crippen LogP contribution in [0, 0.1) is 64.1 Å². The SMILES string of the molecule is CC(C)CCC[C@@H](C)C1CC[C@H]2C3CC[C@H]4CC(C)CC(C)CC4(C)[C@H]3CCC12C. The highest BCUT2D eigenvalue weighted by Crippen LogP contribution is 2.68. The molecule has 4 aliphatic carbocycles. The van der Waals surface area contributed by atoms with E-state index in [1.807, 2.05) is 0 Å². The van der Waals surface area contributed by atoms with Crippen LogP contribution in [0.25, 0.3) is 0 Å². The van der Waals surface area contributed by atoms with E-state index >= 15 is 0 Å². The number of fused-ring (bicyclic) bond motifs is 5. The quantitative estimate of drug-likeness (QED) is 0.420. The summed E-state index contributed by atoms with van der Waals surface area (Å²) in [5, 5.41) is 0. The fourth-order valence-corrected chi connectivity index (χ4v) is 10.4. The highest BCUT2D eigenvalue weighted by Gasteiger charge is 2.60. The van der Waals surface area contributed by atoms with Crippen molar-refractivity contribution >= 4 is 0 Å². The van der Waals surface area contributed by atoms with Crippen LogP contribution in [0.4, 0.5) is 0 Å². The average molecular weight is 415 g/mol. The Hall–Kier alpha value is 0. The second-order valence-corrected chi connectivity index (χ2v) is 14.1. The van der Waals surface area contributed by atoms with E-state index in [0.717, 1.165) is 53.3 Å². The molecule has 4 fully saturated rings. The van der Waals surface area contributed by atoms with Gasteiger partial charge in [-0.05, 0) is 122 Å². The number of rotatable bonds is 5. The molecule has 0 spiro atoms. The van der Waals surface area contributed by atoms with Gasteiger partial charge in [0.15, 0.2) is 0 Å². The molecule has 4 rings (SSSR count). The van der Waals surface area contributed by atoms with Gasteiger partial charge in [-0.1, -0.05) is 67.7 Å². The summed E-state index contributed by atoms with van der Waals surface area (Å²) >= 11 is 0. The summed E-state index contributed by atoms with van der Waals surface area (Å²) in [6, 6.07) is 0. The average Bonchev–Trinajstić information content (AvgIpc) is 2.94. The van der Waals surface area contributed by atoms with Crippen LogP contribution in [-0.2, 0) is 0 Å². The summed E-state index contributed by atoms with van der Waals surface area (Å²) in [7, 11) is 0. The lowest BCUT2D eigenvalue weighted by Crippen LogP contribution is -2.52. The predicted molar refractivity (Wildman–Crippen MR) is 131 cm³/mol. The van der Waals surface area contributed by atoms with Crippen molar-refractivity contribution in [3.63, 3.8) is 0 Å². The molecule has 0 bridgehead atoms. The first-order chi connectivity index (χ1) is 14.1. The minimum Gasteiger partial charge on any atom is -0.0628 e. The van der Waals surface area contributed by atoms with E-state index in [9.17, 15) is 0 Å². The fourth-order valence-electron chi connectivity index (χ4n) is 10.4. The molecule has 6 unspecified atom stereocenters. The molecule has 0 aromatic rings. The third-order valence-electron chi connectivity index (χ3n) is 11.5. The van der Waals surface area contributed by atoms with E-state index in [4.69, 9.17) is 0 Å². The Morgan fingerprint density at radius 2 is 1.50 bits per heavy atom. The largest absolute Gasteiger partial charge is 0.0628 e. The summed E-state index contributed by atoms with van der Waals surface area (Å²) in [5.41, 5.74) is 1.31. The van der Waals surface area contributed by atoms with E-state index in [2.05, 4.69) is 48.5 Å². The molecule has 0 radical (unpaired) electrons. The molecule has 30 heavy (non-hydrogen) atoms. The van der Waals surface area contributed by atoms with Gasteiger partial charge in [-0.25, -0.2) is 0 Å². The minimum absolute atomic E-state index is 0.648. The summed E-state index contributed by atoms with van der Waals surface area (Å²) in [4.78, 5) is 0. The first-order valence-electron chi connectivity index (χ1n) is 14.1. The molecule has 4 saturated carbocycles. The topological polar surface area (TPSA) is 0 Å². The van der Waals surface area contributed by atoms with Crippen LogP contribution in [0.5, 0.6) is 0 Å². The summed E-state index contributed by atoms with van der Waals surface area (Å²) in [6.45, 7) is 18.1. The Morgan fingerprint density at radius 1 is 0.767 bits per heavy atom. The van der Waals surface area contributed by atoms with Gasteiger partial charge in [0.05, 0.1) is 0 Å². The molecule has 0 aromatic heterocycles. The lowest BCUT2D eigenvalue weighted by Gasteiger charge is -2.60. The molecule has 0 nitrogen and oxygen atoms in total. The van der Waals surface area contributed by atoms with Gasteiger partial charge in [-0.3, -0.25) is 0 Å². The van der Waals surface area contributed by atoms with Gasteiger partial charge >= 0.3 is 0 Å². The van der Waals surface area contributed by atoms with Gasteiger partial charge in [-0.15, -0.1) is 0 Å². The van der Waals surface area contributed by atoms with Gasteiger partial charge in [0.1, 0.15) is 0 Å². The lowest BCUT2D eigenvalue weighted by atomic mass is 9.45. The van der Waals surface area contributed by atoms with Crippen molar-refractivity contribution in [2.45, 2.75) is 126 Å². The molecule has 0 N–H and O–H groups in total. The zero-order valence-electron chi connectivity index (χ0n) is 21.7. The molecule has 0 aromatic carbocycles. The maximum Gasteiger partial charge on any atom is -0.0264 e. The molecule has 0 heteroatoms. The van der Waals surface area contributed by atoms with Crippen molar-refractivity contribution in [2.24, 2.45) is 64.1 Å². The zero-order valence-corrected chi connectivity index (χ0v) is 21.7. The van der Waals surface area contributed by atoms with Gasteiger partial charge < -0.3 is 0 Å². The highest BCUT2D eigenvalue weighted by atomic mass is 14.6. The Balaban J connectivity index is 1.49. The smallest absolute Gasteiger partial charge is 0.0264 e. The van der Waals surface area contributed by atoms with Crippen LogP contribution in [0.1, 0.15) is 126 Å². The third-order valence-corrected chi connectivity index (χ3v) is 11.5. The van der Waals surface area contributed by atoms with Crippen molar-refractivity contribution in [3.05, 3.63) is 0 Å². The monoisotopic (exact) mass is 414 g/mol. The maximum atomic E-state index is 2.77. The fraction of sp³-hybridized carbons (Fsp3) is 1.00. The summed E-state index contributed by atoms with van der Waals surface area (Å²) in [6.07, 6.45) is 18.2. The maximum absolute atomic E-state index is 2.77. The van der Waals surface area contributed by atoms with Crippen molar-refractivity contribution in [1.29, 1.82) is 0 Å². The van der Waals surface area contributed by atoms with Crippen molar-refractivity contribution in [1.82, 2.24) is 0 Å². The van der Waals surface area contributed by atoms with Gasteiger partial charge in [0.25, 0.3) is 0 Å². The predicted octanol–water partition coefficient (Wildman–Crippen LogP) is 9.38. The molecule has 0 saturated heterocycles. The first kappa shape index (κ1) is 23.2. The van der Waals surface area contributed by atoms with Gasteiger partial charge in [0.2, 0.25) is 0 Å². The molecular formula is C30H54. The van der Waals surface area contributed by atoms with Crippen LogP contribution >= 0.6 is 0 Å². The van der Waals surface area contributed by atoms with E-state index in [0.29, 0.717) is 10.8 Å². The van der Waals surface area contributed by atoms with Crippen molar-refractivity contribution < 1.29 is 0 Å². The van der Waals surface area contributed by atoms with E-state index in [1.54, 1.807) is 38.5 Å². The molecule has 174 valence electrons. The van der Waals surface area contributed by atoms with E-state index in [-0.39, 0.29) is 0 Å². The van der Waals surface area contributed by atoms with Crippen LogP contribution in [0.3, 0.4) is 0 Å². The first-order valence-corrected chi connectivity index (χ1v) is 14.1. The highest BCUT2D eigenvalue weighted by molar-refractivity contribution is 5.09. The lowest BCUT2D eigenvalue weighted by molar-refractivity contribution is -0.107. The van der Waals surface area contributed by atoms with Gasteiger partial charge in [-0.2, -0.15) is 0 Å². The van der Waals surface area contributed by atoms with Crippen LogP contribution in [0.2, 0.25) is 0 Å². The summed E-state index contributed by atoms with van der Waals surface area (Å²) in [5.74, 6) is 8.89. The Kier molecular flexibility index (Phi) is 6.75. The second-order valence-electron chi connectivity index (χ2n) is 14.1. The number of hydrogen-bond acceptors (Lipinski definition) is 0. The number of hydrogen-bond donors (Lipinski definition) is 0. The minimum atomic E-state index is 0.648. The van der Waals surface area contributed by atoms with E-state index in [1.165, 1.54) is 38.5 Å². The normalized spacial score (nSPS) is 49.8. The Bertz CT molecular complexity index is 577. The Morgan fingerprint density at radius 3 is 2.23 bits per heavy atom. The third kappa shape index (κ3) is 4.05. The second kappa shape index (κ2) is 8.74.